The Bertz CT molecular complexity index is 1930. The van der Waals surface area contributed by atoms with Gasteiger partial charge in [0.2, 0.25) is 0 Å². The van der Waals surface area contributed by atoms with E-state index in [-0.39, 0.29) is 17.9 Å². The van der Waals surface area contributed by atoms with Crippen LogP contribution in [0.2, 0.25) is 0 Å². The number of thiophene rings is 1. The van der Waals surface area contributed by atoms with Crippen LogP contribution < -0.4 is 26.0 Å². The highest BCUT2D eigenvalue weighted by atomic mass is 32.1. The van der Waals surface area contributed by atoms with E-state index < -0.39 is 11.7 Å². The quantitative estimate of drug-likeness (QED) is 0.187. The largest absolute Gasteiger partial charge is 0.458 e. The SMILES string of the molecule is Cc1ccc2c(c1)B1c3c(cc(C(F)(F)F)cc3N(c3ccc4c(c3)CC4)c3sc4ccc(C(C)(C)C)cc4c31)O2. The highest BCUT2D eigenvalue weighted by Gasteiger charge is 2.46. The second-order valence-electron chi connectivity index (χ2n) is 12.6. The van der Waals surface area contributed by atoms with Crippen molar-refractivity contribution in [3.63, 3.8) is 0 Å². The van der Waals surface area contributed by atoms with Gasteiger partial charge in [0.15, 0.2) is 0 Å². The number of nitrogens with zero attached hydrogens (tertiary/aromatic N) is 1. The molecule has 3 heterocycles. The fourth-order valence-corrected chi connectivity index (χ4v) is 7.85. The Labute approximate surface area is 241 Å². The van der Waals surface area contributed by atoms with Crippen LogP contribution in [0.3, 0.4) is 0 Å². The van der Waals surface area contributed by atoms with E-state index in [2.05, 4.69) is 68.1 Å². The van der Waals surface area contributed by atoms with Gasteiger partial charge in [0.25, 0.3) is 6.71 Å². The van der Waals surface area contributed by atoms with Crippen LogP contribution in [0.4, 0.5) is 29.5 Å². The molecule has 0 unspecified atom stereocenters. The summed E-state index contributed by atoms with van der Waals surface area (Å²) in [5.74, 6) is 0.896. The molecule has 1 aromatic heterocycles. The van der Waals surface area contributed by atoms with Gasteiger partial charge in [-0.25, -0.2) is 0 Å². The Kier molecular flexibility index (Phi) is 5.00. The predicted octanol–water partition coefficient (Wildman–Crippen LogP) is 8.03. The van der Waals surface area contributed by atoms with E-state index in [1.807, 2.05) is 19.1 Å². The van der Waals surface area contributed by atoms with Gasteiger partial charge in [0.1, 0.15) is 11.5 Å². The highest BCUT2D eigenvalue weighted by molar-refractivity contribution is 7.26. The van der Waals surface area contributed by atoms with E-state index in [1.54, 1.807) is 11.3 Å². The molecule has 0 N–H and O–H groups in total. The summed E-state index contributed by atoms with van der Waals surface area (Å²) in [6.07, 6.45) is -2.47. The van der Waals surface area contributed by atoms with E-state index in [9.17, 15) is 13.2 Å². The normalized spacial score (nSPS) is 15.1. The van der Waals surface area contributed by atoms with Crippen LogP contribution in [0, 0.1) is 6.92 Å². The molecule has 1 aliphatic carbocycles. The number of hydrogen-bond donors (Lipinski definition) is 0. The molecule has 0 saturated heterocycles. The maximum Gasteiger partial charge on any atom is 0.416 e. The average Bonchev–Trinajstić information content (AvgIpc) is 3.27. The molecule has 0 atom stereocenters. The summed E-state index contributed by atoms with van der Waals surface area (Å²) in [6, 6.07) is 21.5. The lowest BCUT2D eigenvalue weighted by Gasteiger charge is -2.39. The van der Waals surface area contributed by atoms with E-state index in [0.29, 0.717) is 11.4 Å². The fraction of sp³-hybridized carbons (Fsp3) is 0.235. The summed E-state index contributed by atoms with van der Waals surface area (Å²) in [5, 5.41) is 2.13. The summed E-state index contributed by atoms with van der Waals surface area (Å²) in [6.45, 7) is 8.43. The molecule has 0 radical (unpaired) electrons. The molecule has 2 nitrogen and oxygen atoms in total. The van der Waals surface area contributed by atoms with E-state index in [0.717, 1.165) is 55.6 Å². The molecule has 4 aromatic carbocycles. The van der Waals surface area contributed by atoms with Gasteiger partial charge in [-0.2, -0.15) is 13.2 Å². The first-order valence-corrected chi connectivity index (χ1v) is 14.8. The fourth-order valence-electron chi connectivity index (χ4n) is 6.60. The van der Waals surface area contributed by atoms with Crippen molar-refractivity contribution in [3.8, 4) is 11.5 Å². The molecule has 8 rings (SSSR count). The molecule has 0 saturated carbocycles. The van der Waals surface area contributed by atoms with E-state index in [1.165, 1.54) is 28.8 Å². The van der Waals surface area contributed by atoms with E-state index in [4.69, 9.17) is 4.74 Å². The number of halogens is 3. The lowest BCUT2D eigenvalue weighted by molar-refractivity contribution is -0.137. The number of aryl methyl sites for hydroxylation is 3. The standard InChI is InChI=1S/C34H27BF3NOS/c1-18-5-11-27-25(13-18)35-30-24-15-21(33(2,3)4)9-12-29(24)41-32(30)39(23-10-8-19-6-7-20(19)14-23)26-16-22(34(36,37)38)17-28(40-27)31(26)35/h5,8-17H,6-7H2,1-4H3. The molecule has 0 bridgehead atoms. The minimum absolute atomic E-state index is 0.0477. The van der Waals surface area contributed by atoms with Crippen LogP contribution >= 0.6 is 11.3 Å². The summed E-state index contributed by atoms with van der Waals surface area (Å²) in [4.78, 5) is 2.06. The van der Waals surface area contributed by atoms with Gasteiger partial charge >= 0.3 is 6.18 Å². The van der Waals surface area contributed by atoms with Gasteiger partial charge in [0, 0.05) is 16.1 Å². The van der Waals surface area contributed by atoms with Crippen LogP contribution in [0.25, 0.3) is 10.1 Å². The van der Waals surface area contributed by atoms with Crippen molar-refractivity contribution in [2.24, 2.45) is 0 Å². The minimum Gasteiger partial charge on any atom is -0.458 e. The molecule has 41 heavy (non-hydrogen) atoms. The molecular formula is C34H27BF3NOS. The number of alkyl halides is 3. The van der Waals surface area contributed by atoms with Gasteiger partial charge in [-0.05, 0) is 100 Å². The smallest absolute Gasteiger partial charge is 0.416 e. The minimum atomic E-state index is -4.51. The lowest BCUT2D eigenvalue weighted by Crippen LogP contribution is -2.59. The number of hydrogen-bond acceptors (Lipinski definition) is 3. The Morgan fingerprint density at radius 3 is 2.32 bits per heavy atom. The third kappa shape index (κ3) is 3.64. The number of benzene rings is 4. The predicted molar refractivity (Wildman–Crippen MR) is 164 cm³/mol. The monoisotopic (exact) mass is 565 g/mol. The molecule has 0 spiro atoms. The van der Waals surface area contributed by atoms with Crippen LogP contribution in [-0.4, -0.2) is 6.71 Å². The van der Waals surface area contributed by atoms with Gasteiger partial charge in [-0.3, -0.25) is 0 Å². The van der Waals surface area contributed by atoms with Crippen molar-refractivity contribution < 1.29 is 17.9 Å². The zero-order valence-electron chi connectivity index (χ0n) is 23.2. The molecule has 7 heteroatoms. The third-order valence-corrected chi connectivity index (χ3v) is 10.0. The number of rotatable bonds is 1. The number of ether oxygens (including phenoxy) is 1. The van der Waals surface area contributed by atoms with E-state index >= 15 is 0 Å². The zero-order valence-corrected chi connectivity index (χ0v) is 24.1. The Balaban J connectivity index is 1.50. The highest BCUT2D eigenvalue weighted by Crippen LogP contribution is 2.48. The van der Waals surface area contributed by atoms with Crippen molar-refractivity contribution in [1.82, 2.24) is 0 Å². The second-order valence-corrected chi connectivity index (χ2v) is 13.6. The number of fused-ring (bicyclic) bond motifs is 7. The molecule has 3 aliphatic rings. The first kappa shape index (κ1) is 25.0. The molecule has 0 fully saturated rings. The van der Waals surface area contributed by atoms with Crippen LogP contribution in [-0.2, 0) is 24.4 Å². The van der Waals surface area contributed by atoms with Crippen molar-refractivity contribution in [2.75, 3.05) is 4.90 Å². The van der Waals surface area contributed by atoms with Gasteiger partial charge in [0.05, 0.1) is 10.6 Å². The third-order valence-electron chi connectivity index (χ3n) is 8.85. The topological polar surface area (TPSA) is 12.5 Å². The van der Waals surface area contributed by atoms with Crippen LogP contribution in [0.15, 0.2) is 66.7 Å². The maximum absolute atomic E-state index is 14.3. The van der Waals surface area contributed by atoms with Crippen LogP contribution in [0.1, 0.15) is 48.6 Å². The average molecular weight is 565 g/mol. The van der Waals surface area contributed by atoms with Gasteiger partial charge in [-0.15, -0.1) is 11.3 Å². The van der Waals surface area contributed by atoms with Gasteiger partial charge in [-0.1, -0.05) is 56.7 Å². The Morgan fingerprint density at radius 2 is 1.61 bits per heavy atom. The number of anilines is 3. The Morgan fingerprint density at radius 1 is 0.805 bits per heavy atom. The second kappa shape index (κ2) is 8.19. The van der Waals surface area contributed by atoms with Crippen LogP contribution in [0.5, 0.6) is 11.5 Å². The first-order valence-electron chi connectivity index (χ1n) is 14.0. The van der Waals surface area contributed by atoms with Crippen molar-refractivity contribution >= 4 is 60.9 Å². The molecule has 0 amide bonds. The molecule has 2 aliphatic heterocycles. The lowest BCUT2D eigenvalue weighted by atomic mass is 9.34. The summed E-state index contributed by atoms with van der Waals surface area (Å²) < 4.78 is 50.5. The maximum atomic E-state index is 14.3. The van der Waals surface area contributed by atoms with Crippen molar-refractivity contribution in [1.29, 1.82) is 0 Å². The van der Waals surface area contributed by atoms with Gasteiger partial charge < -0.3 is 9.64 Å². The van der Waals surface area contributed by atoms with Crippen molar-refractivity contribution in [2.45, 2.75) is 52.1 Å². The van der Waals surface area contributed by atoms with Crippen molar-refractivity contribution in [3.05, 3.63) is 94.5 Å². The summed E-state index contributed by atoms with van der Waals surface area (Å²) in [5.41, 5.74) is 8.52. The first-order chi connectivity index (χ1) is 19.5. The Hall–Kier alpha value is -3.71. The molecule has 204 valence electrons. The molecular weight excluding hydrogens is 538 g/mol. The molecule has 5 aromatic rings. The summed E-state index contributed by atoms with van der Waals surface area (Å²) in [7, 11) is 0. The summed E-state index contributed by atoms with van der Waals surface area (Å²) >= 11 is 1.66. The zero-order chi connectivity index (χ0) is 28.4.